The van der Waals surface area contributed by atoms with Crippen LogP contribution >= 0.6 is 0 Å². The van der Waals surface area contributed by atoms with Gasteiger partial charge >= 0.3 is 5.97 Å². The van der Waals surface area contributed by atoms with E-state index in [1.807, 2.05) is 18.2 Å². The van der Waals surface area contributed by atoms with Crippen molar-refractivity contribution in [2.75, 3.05) is 19.8 Å². The van der Waals surface area contributed by atoms with Gasteiger partial charge in [-0.3, -0.25) is 9.80 Å². The second kappa shape index (κ2) is 5.19. The summed E-state index contributed by atoms with van der Waals surface area (Å²) in [5.41, 5.74) is 1.21. The highest BCUT2D eigenvalue weighted by molar-refractivity contribution is 5.73. The van der Waals surface area contributed by atoms with Gasteiger partial charge < -0.3 is 5.11 Å². The molecule has 1 spiro atoms. The lowest BCUT2D eigenvalue weighted by atomic mass is 9.79. The molecule has 1 aliphatic carbocycles. The number of carboxylic acid groups (broad SMARTS) is 1. The Kier molecular flexibility index (Phi) is 3.52. The molecular formula is C16H23N2O2+. The maximum atomic E-state index is 11.5. The van der Waals surface area contributed by atoms with Crippen molar-refractivity contribution in [3.63, 3.8) is 0 Å². The van der Waals surface area contributed by atoms with Gasteiger partial charge in [-0.15, -0.1) is 0 Å². The van der Waals surface area contributed by atoms with Gasteiger partial charge in [-0.25, -0.2) is 4.79 Å². The SMILES string of the molecule is O=C(O)C[N+]1(c2ccccc2)CNCC12CCCCC2. The van der Waals surface area contributed by atoms with Crippen molar-refractivity contribution in [1.29, 1.82) is 0 Å². The highest BCUT2D eigenvalue weighted by Crippen LogP contribution is 2.44. The Bertz CT molecular complexity index is 483. The van der Waals surface area contributed by atoms with Crippen LogP contribution in [0.15, 0.2) is 30.3 Å². The summed E-state index contributed by atoms with van der Waals surface area (Å²) >= 11 is 0. The third-order valence-corrected chi connectivity index (χ3v) is 5.18. The molecule has 1 saturated carbocycles. The molecule has 1 aromatic rings. The summed E-state index contributed by atoms with van der Waals surface area (Å²) in [7, 11) is 0. The van der Waals surface area contributed by atoms with E-state index >= 15 is 0 Å². The summed E-state index contributed by atoms with van der Waals surface area (Å²) in [6.45, 7) is 1.85. The van der Waals surface area contributed by atoms with Crippen molar-refractivity contribution in [2.24, 2.45) is 0 Å². The number of quaternary nitrogens is 1. The highest BCUT2D eigenvalue weighted by Gasteiger charge is 2.57. The van der Waals surface area contributed by atoms with Gasteiger partial charge in [-0.05, 0) is 25.0 Å². The predicted octanol–water partition coefficient (Wildman–Crippen LogP) is 2.34. The molecule has 1 unspecified atom stereocenters. The fraction of sp³-hybridized carbons (Fsp3) is 0.562. The molecule has 2 fully saturated rings. The van der Waals surface area contributed by atoms with Crippen LogP contribution in [0.1, 0.15) is 32.1 Å². The summed E-state index contributed by atoms with van der Waals surface area (Å²) in [4.78, 5) is 11.5. The van der Waals surface area contributed by atoms with Crippen LogP contribution < -0.4 is 9.80 Å². The number of nitrogens with one attached hydrogen (secondary N) is 1. The van der Waals surface area contributed by atoms with Gasteiger partial charge in [0, 0.05) is 12.8 Å². The Hall–Kier alpha value is -1.39. The highest BCUT2D eigenvalue weighted by atomic mass is 16.4. The van der Waals surface area contributed by atoms with E-state index in [1.165, 1.54) is 19.3 Å². The van der Waals surface area contributed by atoms with Crippen LogP contribution in [-0.2, 0) is 4.79 Å². The first kappa shape index (κ1) is 13.6. The van der Waals surface area contributed by atoms with E-state index in [0.717, 1.165) is 31.7 Å². The first-order valence-electron chi connectivity index (χ1n) is 7.54. The Labute approximate surface area is 120 Å². The minimum atomic E-state index is -0.706. The summed E-state index contributed by atoms with van der Waals surface area (Å²) in [6, 6.07) is 10.2. The number of benzene rings is 1. The second-order valence-corrected chi connectivity index (χ2v) is 6.23. The smallest absolute Gasteiger partial charge is 0.359 e. The molecule has 4 nitrogen and oxygen atoms in total. The number of carboxylic acids is 1. The normalized spacial score (nSPS) is 28.6. The van der Waals surface area contributed by atoms with Crippen molar-refractivity contribution in [1.82, 2.24) is 9.80 Å². The number of nitrogens with zero attached hydrogens (tertiary/aromatic N) is 1. The average Bonchev–Trinajstić information content (AvgIpc) is 2.79. The number of rotatable bonds is 3. The minimum absolute atomic E-state index is 0.0675. The Balaban J connectivity index is 2.07. The molecule has 2 N–H and O–H groups in total. The lowest BCUT2D eigenvalue weighted by molar-refractivity contribution is -0.139. The van der Waals surface area contributed by atoms with Gasteiger partial charge in [0.15, 0.2) is 6.54 Å². The zero-order chi connectivity index (χ0) is 14.1. The molecule has 0 amide bonds. The van der Waals surface area contributed by atoms with Gasteiger partial charge in [0.2, 0.25) is 0 Å². The van der Waals surface area contributed by atoms with Crippen LogP contribution in [0.25, 0.3) is 0 Å². The maximum Gasteiger partial charge on any atom is 0.359 e. The van der Waals surface area contributed by atoms with Gasteiger partial charge in [-0.1, -0.05) is 24.6 Å². The fourth-order valence-corrected chi connectivity index (χ4v) is 4.24. The van der Waals surface area contributed by atoms with Gasteiger partial charge in [-0.2, -0.15) is 0 Å². The van der Waals surface area contributed by atoms with Crippen LogP contribution in [0.3, 0.4) is 0 Å². The lowest BCUT2D eigenvalue weighted by Crippen LogP contribution is -2.65. The summed E-state index contributed by atoms with van der Waals surface area (Å²) in [6.07, 6.45) is 5.97. The number of carbonyl (C=O) groups is 1. The molecule has 4 heteroatoms. The van der Waals surface area contributed by atoms with Crippen molar-refractivity contribution >= 4 is 11.7 Å². The Morgan fingerprint density at radius 2 is 1.90 bits per heavy atom. The third kappa shape index (κ3) is 2.03. The molecule has 1 saturated heterocycles. The second-order valence-electron chi connectivity index (χ2n) is 6.23. The molecule has 1 aromatic carbocycles. The maximum absolute atomic E-state index is 11.5. The molecule has 3 rings (SSSR count). The van der Waals surface area contributed by atoms with Crippen LogP contribution in [0.5, 0.6) is 0 Å². The van der Waals surface area contributed by atoms with E-state index in [9.17, 15) is 9.90 Å². The molecule has 0 bridgehead atoms. The topological polar surface area (TPSA) is 49.3 Å². The van der Waals surface area contributed by atoms with Gasteiger partial charge in [0.25, 0.3) is 0 Å². The molecule has 2 aliphatic rings. The van der Waals surface area contributed by atoms with Crippen molar-refractivity contribution in [2.45, 2.75) is 37.6 Å². The summed E-state index contributed by atoms with van der Waals surface area (Å²) in [5.74, 6) is -0.706. The Morgan fingerprint density at radius 1 is 1.20 bits per heavy atom. The number of hydrogen-bond acceptors (Lipinski definition) is 2. The number of para-hydroxylation sites is 1. The molecule has 0 radical (unpaired) electrons. The predicted molar refractivity (Wildman–Crippen MR) is 79.4 cm³/mol. The van der Waals surface area contributed by atoms with Crippen LogP contribution in [0.4, 0.5) is 5.69 Å². The Morgan fingerprint density at radius 3 is 2.55 bits per heavy atom. The molecule has 1 aliphatic heterocycles. The molecule has 108 valence electrons. The fourth-order valence-electron chi connectivity index (χ4n) is 4.24. The van der Waals surface area contributed by atoms with E-state index in [-0.39, 0.29) is 12.1 Å². The molecule has 0 aromatic heterocycles. The van der Waals surface area contributed by atoms with E-state index in [1.54, 1.807) is 0 Å². The summed E-state index contributed by atoms with van der Waals surface area (Å²) in [5, 5.41) is 13.0. The molecule has 1 atom stereocenters. The van der Waals surface area contributed by atoms with Crippen LogP contribution in [0.2, 0.25) is 0 Å². The van der Waals surface area contributed by atoms with Gasteiger partial charge in [0.1, 0.15) is 17.9 Å². The quantitative estimate of drug-likeness (QED) is 0.833. The summed E-state index contributed by atoms with van der Waals surface area (Å²) < 4.78 is 0.573. The minimum Gasteiger partial charge on any atom is -0.477 e. The number of hydrogen-bond donors (Lipinski definition) is 2. The zero-order valence-corrected chi connectivity index (χ0v) is 11.8. The van der Waals surface area contributed by atoms with Crippen LogP contribution in [0, 0.1) is 0 Å². The van der Waals surface area contributed by atoms with E-state index in [2.05, 4.69) is 17.4 Å². The standard InChI is InChI=1S/C16H22N2O2/c19-15(20)11-18(14-7-3-1-4-8-14)13-17-12-16(18)9-5-2-6-10-16/h1,3-4,7-8,17H,2,5-6,9-13H2/p+1. The van der Waals surface area contributed by atoms with E-state index in [0.29, 0.717) is 4.48 Å². The molecular weight excluding hydrogens is 252 g/mol. The third-order valence-electron chi connectivity index (χ3n) is 5.18. The van der Waals surface area contributed by atoms with E-state index < -0.39 is 5.97 Å². The largest absolute Gasteiger partial charge is 0.477 e. The first-order valence-corrected chi connectivity index (χ1v) is 7.54. The van der Waals surface area contributed by atoms with E-state index in [4.69, 9.17) is 0 Å². The monoisotopic (exact) mass is 275 g/mol. The van der Waals surface area contributed by atoms with Crippen molar-refractivity contribution in [3.05, 3.63) is 30.3 Å². The first-order chi connectivity index (χ1) is 9.69. The average molecular weight is 275 g/mol. The van der Waals surface area contributed by atoms with Crippen molar-refractivity contribution < 1.29 is 9.90 Å². The molecule has 1 heterocycles. The zero-order valence-electron chi connectivity index (χ0n) is 11.8. The number of aliphatic carboxylic acids is 1. The van der Waals surface area contributed by atoms with Gasteiger partial charge in [0.05, 0.1) is 6.54 Å². The van der Waals surface area contributed by atoms with Crippen molar-refractivity contribution in [3.8, 4) is 0 Å². The molecule has 20 heavy (non-hydrogen) atoms. The lowest BCUT2D eigenvalue weighted by Gasteiger charge is -2.48. The van der Waals surface area contributed by atoms with Crippen LogP contribution in [-0.4, -0.2) is 36.4 Å².